The van der Waals surface area contributed by atoms with Gasteiger partial charge in [-0.05, 0) is 35.2 Å². The summed E-state index contributed by atoms with van der Waals surface area (Å²) in [5, 5.41) is 2.39. The van der Waals surface area contributed by atoms with Gasteiger partial charge in [-0.25, -0.2) is 0 Å². The van der Waals surface area contributed by atoms with Gasteiger partial charge in [0, 0.05) is 12.0 Å². The summed E-state index contributed by atoms with van der Waals surface area (Å²) in [6.45, 7) is 9.59. The van der Waals surface area contributed by atoms with Crippen molar-refractivity contribution in [2.24, 2.45) is 0 Å². The van der Waals surface area contributed by atoms with E-state index < -0.39 is 6.29 Å². The largest absolute Gasteiger partial charge is 0.369 e. The lowest BCUT2D eigenvalue weighted by Gasteiger charge is -2.51. The summed E-state index contributed by atoms with van der Waals surface area (Å²) in [6, 6.07) is 24.8. The van der Waals surface area contributed by atoms with Crippen molar-refractivity contribution in [3.05, 3.63) is 134 Å². The molecular formula is C42H46O8. The minimum Gasteiger partial charge on any atom is -0.369 e. The number of fused-ring (bicyclic) bond motifs is 4. The topological polar surface area (TPSA) is 73.8 Å². The SMILES string of the molecule is C=C[C@@H]1O[C@@H]2CO[C@@H](c3ccccc3)O[C@H]2/C=C\C[C@H]1O[C@H]1C[C@H]2O[C@H]3CC=CCO[C@@H]3[C@@H](OCc3ccc4ccccc4c3)[C@@H]2O[C@@H]1C=C. The van der Waals surface area contributed by atoms with Gasteiger partial charge in [0.05, 0.1) is 44.2 Å². The van der Waals surface area contributed by atoms with Crippen LogP contribution in [0.25, 0.3) is 10.8 Å². The fourth-order valence-corrected chi connectivity index (χ4v) is 7.84. The molecule has 3 fully saturated rings. The number of hydrogen-bond donors (Lipinski definition) is 0. The molecule has 8 rings (SSSR count). The van der Waals surface area contributed by atoms with Crippen molar-refractivity contribution >= 4 is 10.8 Å². The normalized spacial score (nSPS) is 37.6. The molecule has 0 radical (unpaired) electrons. The molecule has 8 nitrogen and oxygen atoms in total. The fourth-order valence-electron chi connectivity index (χ4n) is 7.84. The molecule has 0 saturated carbocycles. The summed E-state index contributed by atoms with van der Waals surface area (Å²) in [7, 11) is 0. The van der Waals surface area contributed by atoms with Crippen LogP contribution in [-0.2, 0) is 44.5 Å². The van der Waals surface area contributed by atoms with Gasteiger partial charge in [-0.3, -0.25) is 0 Å². The fraction of sp³-hybridized carbons (Fsp3) is 0.429. The second-order valence-corrected chi connectivity index (χ2v) is 13.6. The molecule has 0 aromatic heterocycles. The maximum atomic E-state index is 6.87. The lowest BCUT2D eigenvalue weighted by Crippen LogP contribution is -2.64. The standard InChI is InChI=1S/C42H46O8/c1-3-31-33(18-12-19-34-38(46-31)26-45-42(50-34)29-14-6-5-7-15-29)47-36-24-37-40(49-32(36)4-2)41(39-35(48-37)17-10-11-22-43-39)44-25-27-20-21-28-13-8-9-16-30(28)23-27/h3-16,19-21,23,31-42H,1-2,17-18,22,24-26H2/b19-12-/t31-,32+,33+,34-,35-,36-,37+,38+,39-,40+,41+,42+/m0/s1. The van der Waals surface area contributed by atoms with Gasteiger partial charge >= 0.3 is 0 Å². The highest BCUT2D eigenvalue weighted by molar-refractivity contribution is 5.82. The Hall–Kier alpha value is -3.44. The van der Waals surface area contributed by atoms with Gasteiger partial charge in [-0.15, -0.1) is 13.2 Å². The molecule has 50 heavy (non-hydrogen) atoms. The lowest BCUT2D eigenvalue weighted by molar-refractivity contribution is -0.299. The Labute approximate surface area is 294 Å². The van der Waals surface area contributed by atoms with Crippen LogP contribution in [0.15, 0.2) is 122 Å². The minimum absolute atomic E-state index is 0.155. The summed E-state index contributed by atoms with van der Waals surface area (Å²) < 4.78 is 52.5. The first-order valence-electron chi connectivity index (χ1n) is 17.9. The molecule has 8 heteroatoms. The molecule has 0 unspecified atom stereocenters. The van der Waals surface area contributed by atoms with Crippen molar-refractivity contribution in [3.8, 4) is 0 Å². The molecule has 3 aromatic rings. The first-order valence-corrected chi connectivity index (χ1v) is 17.9. The molecule has 5 aliphatic rings. The zero-order valence-corrected chi connectivity index (χ0v) is 28.2. The van der Waals surface area contributed by atoms with Crippen LogP contribution in [0.3, 0.4) is 0 Å². The van der Waals surface area contributed by atoms with Gasteiger partial charge in [-0.2, -0.15) is 0 Å². The molecule has 5 heterocycles. The quantitative estimate of drug-likeness (QED) is 0.237. The highest BCUT2D eigenvalue weighted by Crippen LogP contribution is 2.39. The molecule has 12 atom stereocenters. The Morgan fingerprint density at radius 3 is 2.38 bits per heavy atom. The Morgan fingerprint density at radius 1 is 0.700 bits per heavy atom. The van der Waals surface area contributed by atoms with E-state index in [9.17, 15) is 0 Å². The lowest BCUT2D eigenvalue weighted by atomic mass is 9.86. The molecule has 0 bridgehead atoms. The van der Waals surface area contributed by atoms with E-state index in [2.05, 4.69) is 79.9 Å². The molecule has 3 aromatic carbocycles. The maximum absolute atomic E-state index is 6.87. The van der Waals surface area contributed by atoms with E-state index in [0.29, 0.717) is 32.7 Å². The number of hydrogen-bond acceptors (Lipinski definition) is 8. The Morgan fingerprint density at radius 2 is 1.52 bits per heavy atom. The number of benzene rings is 3. The summed E-state index contributed by atoms with van der Waals surface area (Å²) in [6.07, 6.45) is 10.3. The summed E-state index contributed by atoms with van der Waals surface area (Å²) >= 11 is 0. The van der Waals surface area contributed by atoms with E-state index in [4.69, 9.17) is 37.9 Å². The second kappa shape index (κ2) is 15.4. The van der Waals surface area contributed by atoms with Crippen molar-refractivity contribution in [3.63, 3.8) is 0 Å². The predicted octanol–water partition coefficient (Wildman–Crippen LogP) is 6.95. The van der Waals surface area contributed by atoms with E-state index in [1.54, 1.807) is 0 Å². The molecule has 0 amide bonds. The van der Waals surface area contributed by atoms with E-state index in [0.717, 1.165) is 17.5 Å². The van der Waals surface area contributed by atoms with E-state index in [1.165, 1.54) is 10.8 Å². The van der Waals surface area contributed by atoms with Crippen LogP contribution in [0.5, 0.6) is 0 Å². The smallest absolute Gasteiger partial charge is 0.184 e. The van der Waals surface area contributed by atoms with Crippen molar-refractivity contribution < 1.29 is 37.9 Å². The Balaban J connectivity index is 0.971. The van der Waals surface area contributed by atoms with Crippen LogP contribution in [0, 0.1) is 0 Å². The van der Waals surface area contributed by atoms with Gasteiger partial charge in [0.15, 0.2) is 6.29 Å². The minimum atomic E-state index is -0.440. The van der Waals surface area contributed by atoms with Crippen molar-refractivity contribution in [2.45, 2.75) is 99.3 Å². The van der Waals surface area contributed by atoms with Crippen molar-refractivity contribution in [1.82, 2.24) is 0 Å². The molecular weight excluding hydrogens is 632 g/mol. The zero-order valence-electron chi connectivity index (χ0n) is 28.2. The zero-order chi connectivity index (χ0) is 33.9. The highest BCUT2D eigenvalue weighted by Gasteiger charge is 2.53. The molecule has 262 valence electrons. The van der Waals surface area contributed by atoms with Gasteiger partial charge in [0.2, 0.25) is 0 Å². The summed E-state index contributed by atoms with van der Waals surface area (Å²) in [5.41, 5.74) is 2.09. The van der Waals surface area contributed by atoms with Gasteiger partial charge < -0.3 is 37.9 Å². The third kappa shape index (κ3) is 7.17. The van der Waals surface area contributed by atoms with E-state index in [-0.39, 0.29) is 67.1 Å². The average molecular weight is 679 g/mol. The van der Waals surface area contributed by atoms with Crippen molar-refractivity contribution in [1.29, 1.82) is 0 Å². The van der Waals surface area contributed by atoms with Crippen LogP contribution in [0.4, 0.5) is 0 Å². The van der Waals surface area contributed by atoms with Crippen LogP contribution in [0.1, 0.15) is 36.7 Å². The maximum Gasteiger partial charge on any atom is 0.184 e. The third-order valence-corrected chi connectivity index (χ3v) is 10.4. The van der Waals surface area contributed by atoms with Crippen LogP contribution < -0.4 is 0 Å². The van der Waals surface area contributed by atoms with Crippen LogP contribution >= 0.6 is 0 Å². The first-order chi connectivity index (χ1) is 24.7. The number of rotatable bonds is 8. The Bertz CT molecular complexity index is 1670. The van der Waals surface area contributed by atoms with E-state index in [1.807, 2.05) is 42.5 Å². The molecule has 3 saturated heterocycles. The predicted molar refractivity (Wildman–Crippen MR) is 189 cm³/mol. The first kappa shape index (κ1) is 33.7. The molecule has 0 aliphatic carbocycles. The summed E-state index contributed by atoms with van der Waals surface area (Å²) in [5.74, 6) is 0. The van der Waals surface area contributed by atoms with Crippen LogP contribution in [0.2, 0.25) is 0 Å². The monoisotopic (exact) mass is 678 g/mol. The molecule has 0 spiro atoms. The molecule has 5 aliphatic heterocycles. The number of ether oxygens (including phenoxy) is 8. The van der Waals surface area contributed by atoms with Crippen LogP contribution in [-0.4, -0.2) is 80.4 Å². The van der Waals surface area contributed by atoms with E-state index >= 15 is 0 Å². The van der Waals surface area contributed by atoms with Crippen molar-refractivity contribution in [2.75, 3.05) is 13.2 Å². The highest BCUT2D eigenvalue weighted by atomic mass is 16.7. The summed E-state index contributed by atoms with van der Waals surface area (Å²) in [4.78, 5) is 0. The van der Waals surface area contributed by atoms with Gasteiger partial charge in [-0.1, -0.05) is 103 Å². The molecule has 0 N–H and O–H groups in total. The van der Waals surface area contributed by atoms with Gasteiger partial charge in [0.25, 0.3) is 0 Å². The average Bonchev–Trinajstić information content (AvgIpc) is 3.40. The Kier molecular flexibility index (Phi) is 10.4. The third-order valence-electron chi connectivity index (χ3n) is 10.4. The second-order valence-electron chi connectivity index (χ2n) is 13.6. The van der Waals surface area contributed by atoms with Gasteiger partial charge in [0.1, 0.15) is 42.7 Å².